The number of aldehydes is 1. The molecule has 4 nitrogen and oxygen atoms in total. The zero-order chi connectivity index (χ0) is 26.7. The highest BCUT2D eigenvalue weighted by molar-refractivity contribution is 6.07. The van der Waals surface area contributed by atoms with E-state index in [0.29, 0.717) is 24.2 Å². The maximum absolute atomic E-state index is 13.8. The number of hydrogen-bond donors (Lipinski definition) is 1. The number of halogens is 1. The van der Waals surface area contributed by atoms with Gasteiger partial charge >= 0.3 is 0 Å². The lowest BCUT2D eigenvalue weighted by Gasteiger charge is -2.16. The molecule has 0 aliphatic heterocycles. The number of nitrogens with zero attached hydrogens (tertiary/aromatic N) is 1. The van der Waals surface area contributed by atoms with E-state index in [9.17, 15) is 14.0 Å². The maximum Gasteiger partial charge on any atom is 0.258 e. The highest BCUT2D eigenvalue weighted by Crippen LogP contribution is 2.42. The number of nitrogens with one attached hydrogen (secondary N) is 1. The molecular formula is C31H35FN2O2. The topological polar surface area (TPSA) is 51.1 Å². The Morgan fingerprint density at radius 2 is 1.64 bits per heavy atom. The molecule has 0 aliphatic carbocycles. The van der Waals surface area contributed by atoms with Crippen molar-refractivity contribution in [1.82, 2.24) is 9.88 Å². The van der Waals surface area contributed by atoms with Crippen molar-refractivity contribution in [3.63, 3.8) is 0 Å². The Hall–Kier alpha value is -3.99. The third-order valence-electron chi connectivity index (χ3n) is 5.52. The minimum atomic E-state index is -0.336. The summed E-state index contributed by atoms with van der Waals surface area (Å²) in [6.45, 7) is 15.3. The number of amides is 1. The predicted octanol–water partition coefficient (Wildman–Crippen LogP) is 7.69. The summed E-state index contributed by atoms with van der Waals surface area (Å²) in [5.74, 6) is -0.595. The third-order valence-corrected chi connectivity index (χ3v) is 5.52. The molecule has 0 spiro atoms. The Balaban J connectivity index is 0.00000145. The van der Waals surface area contributed by atoms with E-state index in [4.69, 9.17) is 0 Å². The van der Waals surface area contributed by atoms with Crippen LogP contribution in [0, 0.1) is 5.82 Å². The first kappa shape index (κ1) is 28.2. The Labute approximate surface area is 213 Å². The van der Waals surface area contributed by atoms with Gasteiger partial charge in [-0.2, -0.15) is 0 Å². The predicted molar refractivity (Wildman–Crippen MR) is 147 cm³/mol. The van der Waals surface area contributed by atoms with Gasteiger partial charge in [0.15, 0.2) is 0 Å². The van der Waals surface area contributed by atoms with E-state index in [-0.39, 0.29) is 17.6 Å². The standard InChI is InChI=1S/C28H29FN2O2.C3H6/c1-5-23(6-2)30-28(33)25-24(20-11-8-7-9-12-20)27(21-13-15-22(29)16-14-21)31(17-10-18-32)26(25)19(3)4;1-3-2/h5-9,11-16,18-19H,1,10,17H2,2-4H3,(H,30,33);3H,1H2,2H3/b23-6+;. The van der Waals surface area contributed by atoms with Crippen LogP contribution in [-0.2, 0) is 11.3 Å². The van der Waals surface area contributed by atoms with Gasteiger partial charge in [0.1, 0.15) is 12.1 Å². The van der Waals surface area contributed by atoms with Crippen LogP contribution < -0.4 is 5.32 Å². The molecule has 0 bridgehead atoms. The highest BCUT2D eigenvalue weighted by Gasteiger charge is 2.30. The summed E-state index contributed by atoms with van der Waals surface area (Å²) in [4.78, 5) is 25.0. The monoisotopic (exact) mass is 486 g/mol. The largest absolute Gasteiger partial charge is 0.343 e. The van der Waals surface area contributed by atoms with Gasteiger partial charge in [-0.05, 0) is 61.2 Å². The average molecular weight is 487 g/mol. The van der Waals surface area contributed by atoms with E-state index in [1.807, 2.05) is 62.6 Å². The van der Waals surface area contributed by atoms with Gasteiger partial charge in [-0.25, -0.2) is 4.39 Å². The van der Waals surface area contributed by atoms with E-state index in [2.05, 4.69) is 18.5 Å². The minimum absolute atomic E-state index is 0.00755. The molecule has 3 rings (SSSR count). The summed E-state index contributed by atoms with van der Waals surface area (Å²) < 4.78 is 15.8. The fraction of sp³-hybridized carbons (Fsp3) is 0.226. The van der Waals surface area contributed by atoms with Gasteiger partial charge < -0.3 is 14.7 Å². The molecule has 188 valence electrons. The van der Waals surface area contributed by atoms with Crippen molar-refractivity contribution < 1.29 is 14.0 Å². The maximum atomic E-state index is 13.8. The molecule has 1 heterocycles. The Morgan fingerprint density at radius 1 is 1.03 bits per heavy atom. The lowest BCUT2D eigenvalue weighted by molar-refractivity contribution is -0.108. The van der Waals surface area contributed by atoms with Crippen LogP contribution in [0.5, 0.6) is 0 Å². The molecule has 0 radical (unpaired) electrons. The summed E-state index contributed by atoms with van der Waals surface area (Å²) in [6.07, 6.45) is 6.30. The van der Waals surface area contributed by atoms with Crippen molar-refractivity contribution in [2.24, 2.45) is 0 Å². The number of rotatable bonds is 9. The second-order valence-corrected chi connectivity index (χ2v) is 8.43. The van der Waals surface area contributed by atoms with Crippen LogP contribution in [0.2, 0.25) is 0 Å². The fourth-order valence-electron chi connectivity index (χ4n) is 4.11. The Bertz CT molecular complexity index is 1220. The third kappa shape index (κ3) is 6.57. The highest BCUT2D eigenvalue weighted by atomic mass is 19.1. The van der Waals surface area contributed by atoms with E-state index < -0.39 is 0 Å². The van der Waals surface area contributed by atoms with Crippen LogP contribution in [0.4, 0.5) is 4.39 Å². The van der Waals surface area contributed by atoms with Gasteiger partial charge in [0.05, 0.1) is 11.3 Å². The van der Waals surface area contributed by atoms with Crippen LogP contribution in [0.3, 0.4) is 0 Å². The molecule has 5 heteroatoms. The fourth-order valence-corrected chi connectivity index (χ4v) is 4.11. The molecular weight excluding hydrogens is 451 g/mol. The van der Waals surface area contributed by atoms with Crippen molar-refractivity contribution in [2.75, 3.05) is 0 Å². The van der Waals surface area contributed by atoms with Crippen molar-refractivity contribution in [3.05, 3.63) is 109 Å². The first-order chi connectivity index (χ1) is 17.3. The molecule has 0 saturated carbocycles. The molecule has 3 aromatic rings. The van der Waals surface area contributed by atoms with Gasteiger partial charge in [0.2, 0.25) is 0 Å². The van der Waals surface area contributed by atoms with Crippen LogP contribution in [0.25, 0.3) is 22.4 Å². The lowest BCUT2D eigenvalue weighted by Crippen LogP contribution is -2.24. The Kier molecular flexibility index (Phi) is 10.8. The number of benzene rings is 2. The van der Waals surface area contributed by atoms with Crippen LogP contribution in [0.1, 0.15) is 56.1 Å². The number of carbonyl (C=O) groups is 2. The molecule has 36 heavy (non-hydrogen) atoms. The molecule has 0 aliphatic rings. The first-order valence-corrected chi connectivity index (χ1v) is 12.0. The van der Waals surface area contributed by atoms with Gasteiger partial charge in [0, 0.05) is 29.9 Å². The van der Waals surface area contributed by atoms with Gasteiger partial charge in [0.25, 0.3) is 5.91 Å². The minimum Gasteiger partial charge on any atom is -0.343 e. The van der Waals surface area contributed by atoms with Crippen LogP contribution in [-0.4, -0.2) is 16.8 Å². The molecule has 2 aromatic carbocycles. The number of aromatic nitrogens is 1. The van der Waals surface area contributed by atoms with Crippen LogP contribution >= 0.6 is 0 Å². The average Bonchev–Trinajstić information content (AvgIpc) is 3.22. The second kappa shape index (κ2) is 13.8. The first-order valence-electron chi connectivity index (χ1n) is 12.0. The summed E-state index contributed by atoms with van der Waals surface area (Å²) in [7, 11) is 0. The molecule has 0 unspecified atom stereocenters. The lowest BCUT2D eigenvalue weighted by atomic mass is 9.94. The van der Waals surface area contributed by atoms with Crippen molar-refractivity contribution in [1.29, 1.82) is 0 Å². The second-order valence-electron chi connectivity index (χ2n) is 8.43. The summed E-state index contributed by atoms with van der Waals surface area (Å²) in [5, 5.41) is 2.96. The zero-order valence-electron chi connectivity index (χ0n) is 21.6. The number of hydrogen-bond acceptors (Lipinski definition) is 2. The molecule has 0 saturated heterocycles. The summed E-state index contributed by atoms with van der Waals surface area (Å²) >= 11 is 0. The van der Waals surface area contributed by atoms with E-state index in [1.165, 1.54) is 12.1 Å². The number of carbonyl (C=O) groups excluding carboxylic acids is 2. The van der Waals surface area contributed by atoms with E-state index in [1.54, 1.807) is 30.4 Å². The van der Waals surface area contributed by atoms with Crippen molar-refractivity contribution in [3.8, 4) is 22.4 Å². The molecule has 1 N–H and O–H groups in total. The summed E-state index contributed by atoms with van der Waals surface area (Å²) in [5.41, 5.74) is 5.17. The molecule has 1 aromatic heterocycles. The normalized spacial score (nSPS) is 10.9. The molecule has 0 atom stereocenters. The summed E-state index contributed by atoms with van der Waals surface area (Å²) in [6, 6.07) is 15.9. The van der Waals surface area contributed by atoms with Crippen LogP contribution in [0.15, 0.2) is 91.7 Å². The van der Waals surface area contributed by atoms with Gasteiger partial charge in [-0.3, -0.25) is 4.79 Å². The van der Waals surface area contributed by atoms with Crippen molar-refractivity contribution in [2.45, 2.75) is 46.6 Å². The van der Waals surface area contributed by atoms with E-state index >= 15 is 0 Å². The van der Waals surface area contributed by atoms with Gasteiger partial charge in [-0.1, -0.05) is 62.9 Å². The van der Waals surface area contributed by atoms with Gasteiger partial charge in [-0.15, -0.1) is 6.58 Å². The quantitative estimate of drug-likeness (QED) is 0.191. The zero-order valence-corrected chi connectivity index (χ0v) is 21.6. The SMILES string of the molecule is C=C/C(=C\C)NC(=O)c1c(-c2ccccc2)c(-c2ccc(F)cc2)n(CCC=O)c1C(C)C.C=CC. The molecule has 1 amide bonds. The van der Waals surface area contributed by atoms with E-state index in [0.717, 1.165) is 34.4 Å². The molecule has 0 fully saturated rings. The number of allylic oxidation sites excluding steroid dienone is 3. The van der Waals surface area contributed by atoms with Crippen molar-refractivity contribution >= 4 is 12.2 Å². The smallest absolute Gasteiger partial charge is 0.258 e. The Morgan fingerprint density at radius 3 is 2.14 bits per heavy atom.